The SMILES string of the molecule is N#Cc1cc2c(cn1)[nH]c1ncc(-c3cccc(CO)c3)cc12. The van der Waals surface area contributed by atoms with E-state index in [1.54, 1.807) is 18.5 Å². The maximum Gasteiger partial charge on any atom is 0.141 e. The summed E-state index contributed by atoms with van der Waals surface area (Å²) in [4.78, 5) is 11.8. The highest BCUT2D eigenvalue weighted by Crippen LogP contribution is 2.29. The molecule has 1 aromatic carbocycles. The van der Waals surface area contributed by atoms with Crippen LogP contribution in [0.4, 0.5) is 0 Å². The van der Waals surface area contributed by atoms with Gasteiger partial charge >= 0.3 is 0 Å². The molecule has 3 aromatic heterocycles. The third kappa shape index (κ3) is 2.22. The average Bonchev–Trinajstić information content (AvgIpc) is 2.98. The highest BCUT2D eigenvalue weighted by Gasteiger charge is 2.09. The molecule has 0 atom stereocenters. The monoisotopic (exact) mass is 300 g/mol. The molecule has 110 valence electrons. The number of nitriles is 1. The minimum absolute atomic E-state index is 0.00774. The van der Waals surface area contributed by atoms with Gasteiger partial charge in [-0.1, -0.05) is 18.2 Å². The third-order valence-corrected chi connectivity index (χ3v) is 3.89. The number of nitrogens with one attached hydrogen (secondary N) is 1. The number of aromatic nitrogens is 3. The molecular formula is C18H12N4O. The van der Waals surface area contributed by atoms with Crippen LogP contribution in [0, 0.1) is 11.3 Å². The van der Waals surface area contributed by atoms with Crippen LogP contribution in [-0.2, 0) is 6.61 Å². The van der Waals surface area contributed by atoms with Gasteiger partial charge in [0.15, 0.2) is 0 Å². The van der Waals surface area contributed by atoms with E-state index >= 15 is 0 Å². The van der Waals surface area contributed by atoms with Gasteiger partial charge in [-0.3, -0.25) is 0 Å². The Balaban J connectivity index is 1.95. The van der Waals surface area contributed by atoms with Crippen molar-refractivity contribution in [1.29, 1.82) is 5.26 Å². The van der Waals surface area contributed by atoms with Crippen LogP contribution in [0.2, 0.25) is 0 Å². The first-order valence-corrected chi connectivity index (χ1v) is 7.16. The maximum absolute atomic E-state index is 9.29. The Bertz CT molecular complexity index is 1080. The number of pyridine rings is 2. The highest BCUT2D eigenvalue weighted by atomic mass is 16.3. The first-order valence-electron chi connectivity index (χ1n) is 7.16. The zero-order chi connectivity index (χ0) is 15.8. The molecule has 4 rings (SSSR count). The molecule has 2 N–H and O–H groups in total. The lowest BCUT2D eigenvalue weighted by atomic mass is 10.0. The fraction of sp³-hybridized carbons (Fsp3) is 0.0556. The number of aromatic amines is 1. The van der Waals surface area contributed by atoms with Crippen molar-refractivity contribution < 1.29 is 5.11 Å². The smallest absolute Gasteiger partial charge is 0.141 e. The lowest BCUT2D eigenvalue weighted by Crippen LogP contribution is -1.86. The van der Waals surface area contributed by atoms with Crippen LogP contribution in [0.1, 0.15) is 11.3 Å². The zero-order valence-electron chi connectivity index (χ0n) is 12.1. The Morgan fingerprint density at radius 2 is 1.96 bits per heavy atom. The van der Waals surface area contributed by atoms with Gasteiger partial charge in [0, 0.05) is 22.5 Å². The summed E-state index contributed by atoms with van der Waals surface area (Å²) < 4.78 is 0. The molecule has 0 aliphatic carbocycles. The Hall–Kier alpha value is -3.23. The standard InChI is InChI=1S/C18H12N4O/c19-7-14-6-15-16-5-13(12-3-1-2-11(4-12)10-23)8-21-18(16)22-17(15)9-20-14/h1-6,8-9,23H,10H2,(H,21,22). The summed E-state index contributed by atoms with van der Waals surface area (Å²) in [7, 11) is 0. The van der Waals surface area contributed by atoms with Gasteiger partial charge in [0.25, 0.3) is 0 Å². The topological polar surface area (TPSA) is 85.6 Å². The number of nitrogens with zero attached hydrogens (tertiary/aromatic N) is 3. The molecule has 0 saturated heterocycles. The second-order valence-corrected chi connectivity index (χ2v) is 5.33. The van der Waals surface area contributed by atoms with Gasteiger partial charge < -0.3 is 10.1 Å². The first kappa shape index (κ1) is 13.4. The molecule has 5 nitrogen and oxygen atoms in total. The lowest BCUT2D eigenvalue weighted by Gasteiger charge is -2.04. The van der Waals surface area contributed by atoms with E-state index in [0.29, 0.717) is 5.69 Å². The molecule has 0 aliphatic heterocycles. The van der Waals surface area contributed by atoms with Crippen LogP contribution in [-0.4, -0.2) is 20.1 Å². The lowest BCUT2D eigenvalue weighted by molar-refractivity contribution is 0.282. The van der Waals surface area contributed by atoms with E-state index in [4.69, 9.17) is 5.26 Å². The third-order valence-electron chi connectivity index (χ3n) is 3.89. The fourth-order valence-electron chi connectivity index (χ4n) is 2.74. The molecule has 0 saturated carbocycles. The minimum atomic E-state index is 0.00774. The van der Waals surface area contributed by atoms with Gasteiger partial charge in [-0.25, -0.2) is 9.97 Å². The summed E-state index contributed by atoms with van der Waals surface area (Å²) in [6.07, 6.45) is 3.45. The predicted molar refractivity (Wildman–Crippen MR) is 87.5 cm³/mol. The largest absolute Gasteiger partial charge is 0.392 e. The van der Waals surface area contributed by atoms with Gasteiger partial charge in [0.1, 0.15) is 17.4 Å². The fourth-order valence-corrected chi connectivity index (χ4v) is 2.74. The summed E-state index contributed by atoms with van der Waals surface area (Å²) in [5.74, 6) is 0. The summed E-state index contributed by atoms with van der Waals surface area (Å²) in [5, 5.41) is 20.2. The molecule has 0 amide bonds. The summed E-state index contributed by atoms with van der Waals surface area (Å²) in [6.45, 7) is 0.00774. The second-order valence-electron chi connectivity index (χ2n) is 5.33. The zero-order valence-corrected chi connectivity index (χ0v) is 12.1. The highest BCUT2D eigenvalue weighted by molar-refractivity contribution is 6.06. The van der Waals surface area contributed by atoms with Gasteiger partial charge in [-0.05, 0) is 29.3 Å². The molecule has 0 radical (unpaired) electrons. The Morgan fingerprint density at radius 1 is 1.04 bits per heavy atom. The van der Waals surface area contributed by atoms with Gasteiger partial charge in [-0.2, -0.15) is 5.26 Å². The Kier molecular flexibility index (Phi) is 3.04. The number of aliphatic hydroxyl groups is 1. The van der Waals surface area contributed by atoms with Crippen LogP contribution in [0.3, 0.4) is 0 Å². The molecule has 3 heterocycles. The predicted octanol–water partition coefficient (Wildman–Crippen LogP) is 3.14. The minimum Gasteiger partial charge on any atom is -0.392 e. The van der Waals surface area contributed by atoms with Crippen molar-refractivity contribution in [2.75, 3.05) is 0 Å². The van der Waals surface area contributed by atoms with Crippen LogP contribution in [0.15, 0.2) is 48.8 Å². The number of benzene rings is 1. The van der Waals surface area contributed by atoms with Crippen molar-refractivity contribution in [3.8, 4) is 17.2 Å². The molecular weight excluding hydrogens is 288 g/mol. The Morgan fingerprint density at radius 3 is 2.78 bits per heavy atom. The first-order chi connectivity index (χ1) is 11.3. The van der Waals surface area contributed by atoms with E-state index in [1.807, 2.05) is 30.3 Å². The number of hydrogen-bond donors (Lipinski definition) is 2. The molecule has 5 heteroatoms. The molecule has 0 spiro atoms. The maximum atomic E-state index is 9.29. The van der Waals surface area contributed by atoms with Crippen molar-refractivity contribution in [2.45, 2.75) is 6.61 Å². The van der Waals surface area contributed by atoms with Gasteiger partial charge in [-0.15, -0.1) is 0 Å². The molecule has 0 fully saturated rings. The number of hydrogen-bond acceptors (Lipinski definition) is 4. The van der Waals surface area contributed by atoms with E-state index in [-0.39, 0.29) is 6.61 Å². The van der Waals surface area contributed by atoms with Crippen LogP contribution in [0.5, 0.6) is 0 Å². The van der Waals surface area contributed by atoms with E-state index in [1.165, 1.54) is 0 Å². The van der Waals surface area contributed by atoms with Crippen molar-refractivity contribution in [3.05, 3.63) is 60.0 Å². The molecule has 23 heavy (non-hydrogen) atoms. The van der Waals surface area contributed by atoms with E-state index in [0.717, 1.165) is 38.6 Å². The van der Waals surface area contributed by atoms with Crippen LogP contribution < -0.4 is 0 Å². The van der Waals surface area contributed by atoms with E-state index in [2.05, 4.69) is 21.0 Å². The number of rotatable bonds is 2. The summed E-state index contributed by atoms with van der Waals surface area (Å²) in [5.41, 5.74) is 4.81. The number of fused-ring (bicyclic) bond motifs is 3. The number of H-pyrrole nitrogens is 1. The molecule has 0 aliphatic rings. The van der Waals surface area contributed by atoms with E-state index < -0.39 is 0 Å². The molecule has 0 bridgehead atoms. The average molecular weight is 300 g/mol. The summed E-state index contributed by atoms with van der Waals surface area (Å²) in [6, 6.07) is 13.6. The Labute approximate surface area is 131 Å². The second kappa shape index (κ2) is 5.20. The van der Waals surface area contributed by atoms with Crippen molar-refractivity contribution in [1.82, 2.24) is 15.0 Å². The van der Waals surface area contributed by atoms with Gasteiger partial charge in [0.2, 0.25) is 0 Å². The normalized spacial score (nSPS) is 11.0. The van der Waals surface area contributed by atoms with Gasteiger partial charge in [0.05, 0.1) is 18.3 Å². The summed E-state index contributed by atoms with van der Waals surface area (Å²) >= 11 is 0. The van der Waals surface area contributed by atoms with Crippen LogP contribution >= 0.6 is 0 Å². The van der Waals surface area contributed by atoms with Crippen molar-refractivity contribution in [3.63, 3.8) is 0 Å². The van der Waals surface area contributed by atoms with Crippen molar-refractivity contribution in [2.24, 2.45) is 0 Å². The van der Waals surface area contributed by atoms with E-state index in [9.17, 15) is 5.11 Å². The molecule has 0 unspecified atom stereocenters. The quantitative estimate of drug-likeness (QED) is 0.595. The molecule has 4 aromatic rings. The van der Waals surface area contributed by atoms with Crippen molar-refractivity contribution >= 4 is 21.9 Å². The van der Waals surface area contributed by atoms with Crippen LogP contribution in [0.25, 0.3) is 33.1 Å². The number of aliphatic hydroxyl groups excluding tert-OH is 1.